The number of para-hydroxylation sites is 2. The van der Waals surface area contributed by atoms with Crippen LogP contribution in [0.3, 0.4) is 0 Å². The normalized spacial score (nSPS) is 15.0. The molecule has 1 unspecified atom stereocenters. The molecule has 2 heteroatoms. The van der Waals surface area contributed by atoms with Crippen LogP contribution in [0.15, 0.2) is 182 Å². The third-order valence-corrected chi connectivity index (χ3v) is 17.2. The largest absolute Gasteiger partial charge is 0.355 e. The first-order valence-corrected chi connectivity index (χ1v) is 27.7. The molecule has 0 bridgehead atoms. The molecule has 3 aliphatic carbocycles. The van der Waals surface area contributed by atoms with E-state index in [0.717, 1.165) is 23.5 Å². The standard InChI is InChI=1S/C71H66N2/c1-3-5-7-9-17-43-71(44-18-10-8-6-4-2)63-45-51(55-33-23-47-27-39-61-65(72-53-19-13-11-14-20-53)41-31-49-25-37-59(55)67(47)69(49)61)29-35-57(63)58-36-30-52(46-64(58)71)56-34-24-48-28-40-62-66(73-54-21-15-12-16-22-54)42-32-50-26-38-60(56)68(48)70(50)62/h11-16,19-31,33-42,45-46,50,72-73H,3-10,17-18,32,43-44H2,1-2H3. The van der Waals surface area contributed by atoms with Crippen LogP contribution in [0.4, 0.5) is 17.1 Å². The van der Waals surface area contributed by atoms with E-state index in [1.54, 1.807) is 11.1 Å². The summed E-state index contributed by atoms with van der Waals surface area (Å²) in [7, 11) is 0. The van der Waals surface area contributed by atoms with Crippen LogP contribution in [0.5, 0.6) is 0 Å². The minimum atomic E-state index is -0.0755. The highest BCUT2D eigenvalue weighted by molar-refractivity contribution is 6.27. The smallest absolute Gasteiger partial charge is 0.0464 e. The van der Waals surface area contributed by atoms with E-state index in [9.17, 15) is 0 Å². The van der Waals surface area contributed by atoms with Crippen molar-refractivity contribution in [1.82, 2.24) is 0 Å². The maximum atomic E-state index is 3.79. The van der Waals surface area contributed by atoms with Gasteiger partial charge in [0.05, 0.1) is 0 Å². The number of allylic oxidation sites excluding steroid dienone is 2. The summed E-state index contributed by atoms with van der Waals surface area (Å²) in [6, 6.07) is 64.7. The fourth-order valence-electron chi connectivity index (χ4n) is 13.6. The SMILES string of the molecule is CCCCCCCC1(CCCCCCC)c2cc(-c3ccc4ccc5c6c4c3C=CC6CC=C5Nc3ccccc3)ccc2-c2ccc(-c3ccc4ccc5c(Nc6ccccc6)ccc6ccc3c4c65)cc21. The molecule has 0 fully saturated rings. The molecule has 2 nitrogen and oxygen atoms in total. The first kappa shape index (κ1) is 45.4. The molecule has 0 saturated carbocycles. The van der Waals surface area contributed by atoms with E-state index in [0.29, 0.717) is 5.92 Å². The molecule has 0 aromatic heterocycles. The highest BCUT2D eigenvalue weighted by Gasteiger charge is 2.43. The first-order valence-electron chi connectivity index (χ1n) is 27.7. The van der Waals surface area contributed by atoms with E-state index < -0.39 is 0 Å². The van der Waals surface area contributed by atoms with Gasteiger partial charge in [0.1, 0.15) is 0 Å². The Kier molecular flexibility index (Phi) is 12.0. The Hall–Kier alpha value is -7.42. The van der Waals surface area contributed by atoms with Gasteiger partial charge in [-0.2, -0.15) is 0 Å². The molecular formula is C71H66N2. The molecule has 0 radical (unpaired) electrons. The fraction of sp³-hybridized carbons (Fsp3) is 0.239. The van der Waals surface area contributed by atoms with Crippen LogP contribution in [-0.4, -0.2) is 0 Å². The van der Waals surface area contributed by atoms with Gasteiger partial charge in [-0.1, -0.05) is 224 Å². The lowest BCUT2D eigenvalue weighted by molar-refractivity contribution is 0.399. The third kappa shape index (κ3) is 7.93. The van der Waals surface area contributed by atoms with Gasteiger partial charge in [-0.05, 0) is 155 Å². The van der Waals surface area contributed by atoms with Crippen molar-refractivity contribution < 1.29 is 0 Å². The van der Waals surface area contributed by atoms with Gasteiger partial charge in [0, 0.05) is 45.0 Å². The summed E-state index contributed by atoms with van der Waals surface area (Å²) in [5.41, 5.74) is 20.0. The summed E-state index contributed by atoms with van der Waals surface area (Å²) in [6.45, 7) is 4.68. The zero-order chi connectivity index (χ0) is 48.9. The molecule has 360 valence electrons. The van der Waals surface area contributed by atoms with Gasteiger partial charge < -0.3 is 10.6 Å². The highest BCUT2D eigenvalue weighted by Crippen LogP contribution is 2.57. The van der Waals surface area contributed by atoms with Crippen LogP contribution in [-0.2, 0) is 5.41 Å². The van der Waals surface area contributed by atoms with Crippen molar-refractivity contribution in [2.24, 2.45) is 0 Å². The second-order valence-corrected chi connectivity index (χ2v) is 21.5. The Balaban J connectivity index is 0.944. The number of rotatable bonds is 18. The Morgan fingerprint density at radius 3 is 1.63 bits per heavy atom. The second kappa shape index (κ2) is 19.2. The quantitative estimate of drug-likeness (QED) is 0.0662. The topological polar surface area (TPSA) is 24.1 Å². The van der Waals surface area contributed by atoms with E-state index in [1.165, 1.54) is 176 Å². The van der Waals surface area contributed by atoms with Crippen LogP contribution >= 0.6 is 0 Å². The Morgan fingerprint density at radius 2 is 0.973 bits per heavy atom. The summed E-state index contributed by atoms with van der Waals surface area (Å²) in [6.07, 6.45) is 23.5. The van der Waals surface area contributed by atoms with Crippen LogP contribution < -0.4 is 10.6 Å². The average Bonchev–Trinajstić information content (AvgIpc) is 3.71. The van der Waals surface area contributed by atoms with Gasteiger partial charge in [-0.15, -0.1) is 0 Å². The molecule has 10 aromatic rings. The lowest BCUT2D eigenvalue weighted by atomic mass is 9.69. The molecule has 1 atom stereocenters. The van der Waals surface area contributed by atoms with E-state index in [2.05, 4.69) is 213 Å². The van der Waals surface area contributed by atoms with E-state index in [-0.39, 0.29) is 5.41 Å². The van der Waals surface area contributed by atoms with E-state index in [1.807, 2.05) is 0 Å². The predicted molar refractivity (Wildman–Crippen MR) is 316 cm³/mol. The molecule has 0 amide bonds. The molecule has 2 N–H and O–H groups in total. The zero-order valence-electron chi connectivity index (χ0n) is 42.7. The molecule has 73 heavy (non-hydrogen) atoms. The zero-order valence-corrected chi connectivity index (χ0v) is 42.7. The van der Waals surface area contributed by atoms with Crippen molar-refractivity contribution in [2.45, 2.75) is 109 Å². The minimum absolute atomic E-state index is 0.0755. The Morgan fingerprint density at radius 1 is 0.452 bits per heavy atom. The lowest BCUT2D eigenvalue weighted by Gasteiger charge is -2.34. The molecule has 3 aliphatic rings. The van der Waals surface area contributed by atoms with E-state index >= 15 is 0 Å². The van der Waals surface area contributed by atoms with Crippen LogP contribution in [0, 0.1) is 0 Å². The maximum Gasteiger partial charge on any atom is 0.0464 e. The summed E-state index contributed by atoms with van der Waals surface area (Å²) >= 11 is 0. The lowest BCUT2D eigenvalue weighted by Crippen LogP contribution is -2.25. The Labute approximate surface area is 432 Å². The molecule has 0 heterocycles. The second-order valence-electron chi connectivity index (χ2n) is 21.5. The number of benzene rings is 10. The summed E-state index contributed by atoms with van der Waals surface area (Å²) < 4.78 is 0. The Bertz CT molecular complexity index is 3730. The van der Waals surface area contributed by atoms with Gasteiger partial charge in [0.25, 0.3) is 0 Å². The average molecular weight is 947 g/mol. The highest BCUT2D eigenvalue weighted by atomic mass is 14.9. The van der Waals surface area contributed by atoms with Crippen molar-refractivity contribution >= 4 is 71.9 Å². The number of anilines is 3. The molecule has 0 aliphatic heterocycles. The summed E-state index contributed by atoms with van der Waals surface area (Å²) in [5.74, 6) is 0.377. The third-order valence-electron chi connectivity index (χ3n) is 17.2. The molecular weight excluding hydrogens is 881 g/mol. The van der Waals surface area contributed by atoms with Crippen molar-refractivity contribution in [1.29, 1.82) is 0 Å². The first-order chi connectivity index (χ1) is 36.1. The number of hydrogen-bond donors (Lipinski definition) is 2. The van der Waals surface area contributed by atoms with Gasteiger partial charge in [0.2, 0.25) is 0 Å². The monoisotopic (exact) mass is 947 g/mol. The van der Waals surface area contributed by atoms with Crippen molar-refractivity contribution in [3.63, 3.8) is 0 Å². The van der Waals surface area contributed by atoms with Crippen LogP contribution in [0.2, 0.25) is 0 Å². The summed E-state index contributed by atoms with van der Waals surface area (Å²) in [5, 5.41) is 18.2. The van der Waals surface area contributed by atoms with Gasteiger partial charge >= 0.3 is 0 Å². The fourth-order valence-corrected chi connectivity index (χ4v) is 13.6. The van der Waals surface area contributed by atoms with Gasteiger partial charge in [-0.3, -0.25) is 0 Å². The molecule has 0 saturated heterocycles. The molecule has 13 rings (SSSR count). The maximum absolute atomic E-state index is 3.79. The number of nitrogens with one attached hydrogen (secondary N) is 2. The van der Waals surface area contributed by atoms with Crippen molar-refractivity contribution in [3.05, 3.63) is 210 Å². The van der Waals surface area contributed by atoms with Crippen LogP contribution in [0.1, 0.15) is 131 Å². The van der Waals surface area contributed by atoms with E-state index in [4.69, 9.17) is 0 Å². The van der Waals surface area contributed by atoms with Gasteiger partial charge in [0.15, 0.2) is 0 Å². The predicted octanol–water partition coefficient (Wildman–Crippen LogP) is 20.8. The number of unbranched alkanes of at least 4 members (excludes halogenated alkanes) is 8. The molecule has 0 spiro atoms. The molecule has 10 aromatic carbocycles. The van der Waals surface area contributed by atoms with Crippen molar-refractivity contribution in [2.75, 3.05) is 10.6 Å². The number of fused-ring (bicyclic) bond motifs is 3. The number of hydrogen-bond acceptors (Lipinski definition) is 2. The summed E-state index contributed by atoms with van der Waals surface area (Å²) in [4.78, 5) is 0. The van der Waals surface area contributed by atoms with Crippen LogP contribution in [0.25, 0.3) is 88.2 Å². The van der Waals surface area contributed by atoms with Gasteiger partial charge in [-0.25, -0.2) is 0 Å². The minimum Gasteiger partial charge on any atom is -0.355 e. The van der Waals surface area contributed by atoms with Crippen molar-refractivity contribution in [3.8, 4) is 33.4 Å².